The van der Waals surface area contributed by atoms with Gasteiger partial charge in [-0.05, 0) is 30.5 Å². The van der Waals surface area contributed by atoms with Gasteiger partial charge >= 0.3 is 0 Å². The van der Waals surface area contributed by atoms with Crippen LogP contribution >= 0.6 is 15.9 Å². The molecule has 0 unspecified atom stereocenters. The molecule has 0 amide bonds. The Labute approximate surface area is 109 Å². The monoisotopic (exact) mass is 303 g/mol. The number of nitrogens with zero attached hydrogens (tertiary/aromatic N) is 1. The molecule has 1 fully saturated rings. The van der Waals surface area contributed by atoms with Crippen LogP contribution in [0, 0.1) is 13.8 Å². The standard InChI is InChI=1S/C13H16BrF2N/c1-9-5-11(6-10(2)12(9)14)7-17-4-3-13(15,16)8-17/h5-6H,3-4,7-8H2,1-2H3. The first-order chi connectivity index (χ1) is 7.87. The zero-order chi connectivity index (χ0) is 12.6. The van der Waals surface area contributed by atoms with E-state index in [2.05, 4.69) is 28.1 Å². The van der Waals surface area contributed by atoms with Crippen LogP contribution in [0.4, 0.5) is 8.78 Å². The van der Waals surface area contributed by atoms with Gasteiger partial charge in [0.1, 0.15) is 0 Å². The minimum absolute atomic E-state index is 0.0124. The summed E-state index contributed by atoms with van der Waals surface area (Å²) in [6.45, 7) is 5.05. The average Bonchev–Trinajstić information content (AvgIpc) is 2.54. The van der Waals surface area contributed by atoms with Crippen molar-refractivity contribution < 1.29 is 8.78 Å². The molecule has 1 aromatic carbocycles. The number of halogens is 3. The highest BCUT2D eigenvalue weighted by atomic mass is 79.9. The topological polar surface area (TPSA) is 3.24 Å². The van der Waals surface area contributed by atoms with E-state index in [-0.39, 0.29) is 13.0 Å². The molecule has 1 aliphatic rings. The van der Waals surface area contributed by atoms with Crippen molar-refractivity contribution in [3.05, 3.63) is 33.3 Å². The Bertz CT molecular complexity index is 408. The number of alkyl halides is 2. The summed E-state index contributed by atoms with van der Waals surface area (Å²) in [6.07, 6.45) is -0.0124. The maximum absolute atomic E-state index is 13.1. The van der Waals surface area contributed by atoms with E-state index in [0.717, 1.165) is 21.2 Å². The van der Waals surface area contributed by atoms with E-state index in [1.165, 1.54) is 0 Å². The summed E-state index contributed by atoms with van der Waals surface area (Å²) in [5.74, 6) is -2.50. The Morgan fingerprint density at radius 3 is 2.35 bits per heavy atom. The van der Waals surface area contributed by atoms with E-state index in [4.69, 9.17) is 0 Å². The van der Waals surface area contributed by atoms with Crippen molar-refractivity contribution in [2.24, 2.45) is 0 Å². The van der Waals surface area contributed by atoms with Crippen LogP contribution in [0.2, 0.25) is 0 Å². The molecular formula is C13H16BrF2N. The van der Waals surface area contributed by atoms with Gasteiger partial charge in [0.05, 0.1) is 6.54 Å². The van der Waals surface area contributed by atoms with Crippen LogP contribution in [0.25, 0.3) is 0 Å². The number of rotatable bonds is 2. The minimum atomic E-state index is -2.50. The molecule has 2 rings (SSSR count). The van der Waals surface area contributed by atoms with E-state index < -0.39 is 5.92 Å². The average molecular weight is 304 g/mol. The van der Waals surface area contributed by atoms with Crippen molar-refractivity contribution in [2.75, 3.05) is 13.1 Å². The fourth-order valence-corrected chi connectivity index (χ4v) is 2.56. The normalized spacial score (nSPS) is 19.8. The van der Waals surface area contributed by atoms with Gasteiger partial charge in [0, 0.05) is 24.0 Å². The lowest BCUT2D eigenvalue weighted by Crippen LogP contribution is -2.24. The first-order valence-electron chi connectivity index (χ1n) is 5.73. The summed E-state index contributed by atoms with van der Waals surface area (Å²) in [5, 5.41) is 0. The van der Waals surface area contributed by atoms with Gasteiger partial charge in [-0.25, -0.2) is 8.78 Å². The van der Waals surface area contributed by atoms with E-state index in [1.54, 1.807) is 0 Å². The lowest BCUT2D eigenvalue weighted by atomic mass is 10.1. The van der Waals surface area contributed by atoms with Gasteiger partial charge in [-0.15, -0.1) is 0 Å². The Kier molecular flexibility index (Phi) is 3.55. The third kappa shape index (κ3) is 3.05. The van der Waals surface area contributed by atoms with Crippen LogP contribution in [0.15, 0.2) is 16.6 Å². The summed E-state index contributed by atoms with van der Waals surface area (Å²) in [5.41, 5.74) is 3.43. The molecule has 4 heteroatoms. The second kappa shape index (κ2) is 4.65. The van der Waals surface area contributed by atoms with Crippen LogP contribution in [0.1, 0.15) is 23.1 Å². The Balaban J connectivity index is 2.10. The third-order valence-corrected chi connectivity index (χ3v) is 4.40. The predicted molar refractivity (Wildman–Crippen MR) is 68.5 cm³/mol. The molecule has 0 spiro atoms. The van der Waals surface area contributed by atoms with Crippen LogP contribution < -0.4 is 0 Å². The van der Waals surface area contributed by atoms with Crippen LogP contribution in [-0.4, -0.2) is 23.9 Å². The summed E-state index contributed by atoms with van der Waals surface area (Å²) < 4.78 is 27.2. The van der Waals surface area contributed by atoms with Gasteiger partial charge in [0.25, 0.3) is 5.92 Å². The Morgan fingerprint density at radius 1 is 1.29 bits per heavy atom. The summed E-state index contributed by atoms with van der Waals surface area (Å²) >= 11 is 3.51. The van der Waals surface area contributed by atoms with Crippen LogP contribution in [0.5, 0.6) is 0 Å². The third-order valence-electron chi connectivity index (χ3n) is 3.15. The van der Waals surface area contributed by atoms with Crippen molar-refractivity contribution in [3.63, 3.8) is 0 Å². The van der Waals surface area contributed by atoms with Gasteiger partial charge in [0.15, 0.2) is 0 Å². The number of hydrogen-bond acceptors (Lipinski definition) is 1. The fraction of sp³-hybridized carbons (Fsp3) is 0.538. The summed E-state index contributed by atoms with van der Waals surface area (Å²) in [6, 6.07) is 4.13. The molecule has 94 valence electrons. The second-order valence-electron chi connectivity index (χ2n) is 4.86. The molecule has 1 saturated heterocycles. The van der Waals surface area contributed by atoms with Gasteiger partial charge in [-0.1, -0.05) is 28.1 Å². The lowest BCUT2D eigenvalue weighted by Gasteiger charge is -2.17. The van der Waals surface area contributed by atoms with Gasteiger partial charge < -0.3 is 0 Å². The maximum atomic E-state index is 13.1. The smallest absolute Gasteiger partial charge is 0.261 e. The maximum Gasteiger partial charge on any atom is 0.261 e. The van der Waals surface area contributed by atoms with Crippen molar-refractivity contribution in [2.45, 2.75) is 32.7 Å². The molecule has 0 bridgehead atoms. The van der Waals surface area contributed by atoms with Crippen molar-refractivity contribution >= 4 is 15.9 Å². The van der Waals surface area contributed by atoms with E-state index in [1.807, 2.05) is 18.7 Å². The highest BCUT2D eigenvalue weighted by Gasteiger charge is 2.37. The number of likely N-dealkylation sites (tertiary alicyclic amines) is 1. The van der Waals surface area contributed by atoms with Crippen molar-refractivity contribution in [1.82, 2.24) is 4.90 Å². The largest absolute Gasteiger partial charge is 0.293 e. The first kappa shape index (κ1) is 13.0. The van der Waals surface area contributed by atoms with Crippen LogP contribution in [-0.2, 0) is 6.54 Å². The zero-order valence-electron chi connectivity index (χ0n) is 10.1. The molecule has 1 heterocycles. The number of hydrogen-bond donors (Lipinski definition) is 0. The minimum Gasteiger partial charge on any atom is -0.293 e. The number of benzene rings is 1. The molecular weight excluding hydrogens is 288 g/mol. The highest BCUT2D eigenvalue weighted by molar-refractivity contribution is 9.10. The molecule has 0 radical (unpaired) electrons. The zero-order valence-corrected chi connectivity index (χ0v) is 11.7. The Hall–Kier alpha value is -0.480. The lowest BCUT2D eigenvalue weighted by molar-refractivity contribution is 0.0115. The SMILES string of the molecule is Cc1cc(CN2CCC(F)(F)C2)cc(C)c1Br. The Morgan fingerprint density at radius 2 is 1.88 bits per heavy atom. The molecule has 17 heavy (non-hydrogen) atoms. The number of aryl methyl sites for hydroxylation is 2. The fourth-order valence-electron chi connectivity index (χ4n) is 2.33. The molecule has 1 aliphatic heterocycles. The van der Waals surface area contributed by atoms with Gasteiger partial charge in [0.2, 0.25) is 0 Å². The van der Waals surface area contributed by atoms with Gasteiger partial charge in [-0.3, -0.25) is 4.90 Å². The molecule has 1 nitrogen and oxygen atoms in total. The van der Waals surface area contributed by atoms with E-state index in [9.17, 15) is 8.78 Å². The quantitative estimate of drug-likeness (QED) is 0.801. The second-order valence-corrected chi connectivity index (χ2v) is 5.65. The van der Waals surface area contributed by atoms with Crippen molar-refractivity contribution in [3.8, 4) is 0 Å². The van der Waals surface area contributed by atoms with E-state index >= 15 is 0 Å². The molecule has 0 atom stereocenters. The van der Waals surface area contributed by atoms with Crippen molar-refractivity contribution in [1.29, 1.82) is 0 Å². The molecule has 0 aliphatic carbocycles. The van der Waals surface area contributed by atoms with Crippen LogP contribution in [0.3, 0.4) is 0 Å². The molecule has 0 aromatic heterocycles. The van der Waals surface area contributed by atoms with E-state index in [0.29, 0.717) is 13.1 Å². The molecule has 0 N–H and O–H groups in total. The highest BCUT2D eigenvalue weighted by Crippen LogP contribution is 2.29. The molecule has 0 saturated carbocycles. The summed E-state index contributed by atoms with van der Waals surface area (Å²) in [7, 11) is 0. The van der Waals surface area contributed by atoms with Gasteiger partial charge in [-0.2, -0.15) is 0 Å². The molecule has 1 aromatic rings. The summed E-state index contributed by atoms with van der Waals surface area (Å²) in [4.78, 5) is 1.82. The first-order valence-corrected chi connectivity index (χ1v) is 6.52. The predicted octanol–water partition coefficient (Wildman–Crippen LogP) is 3.91.